The number of carbonyl (C=O) groups excluding carboxylic acids is 1. The van der Waals surface area contributed by atoms with Crippen LogP contribution < -0.4 is 0 Å². The topological polar surface area (TPSA) is 81.1 Å². The Labute approximate surface area is 135 Å². The second-order valence-corrected chi connectivity index (χ2v) is 5.94. The Bertz CT molecular complexity index is 521. The van der Waals surface area contributed by atoms with Crippen molar-refractivity contribution >= 4 is 12.4 Å². The molecule has 1 aromatic rings. The van der Waals surface area contributed by atoms with Crippen molar-refractivity contribution in [2.24, 2.45) is 0 Å². The van der Waals surface area contributed by atoms with Gasteiger partial charge in [0.25, 0.3) is 6.47 Å². The first kappa shape index (κ1) is 19.1. The normalized spacial score (nSPS) is 20.1. The predicted octanol–water partition coefficient (Wildman–Crippen LogP) is 0.594. The molecule has 1 heterocycles. The van der Waals surface area contributed by atoms with E-state index in [1.807, 2.05) is 19.0 Å². The van der Waals surface area contributed by atoms with Crippen LogP contribution in [-0.2, 0) is 16.0 Å². The number of carboxylic acid groups (broad SMARTS) is 1. The van der Waals surface area contributed by atoms with E-state index < -0.39 is 5.60 Å². The minimum atomic E-state index is -0.818. The second kappa shape index (κ2) is 8.59. The smallest absolute Gasteiger partial charge is 0.290 e. The molecule has 2 N–H and O–H groups in total. The van der Waals surface area contributed by atoms with Gasteiger partial charge in [0.2, 0.25) is 5.91 Å². The zero-order valence-electron chi connectivity index (χ0n) is 13.4. The van der Waals surface area contributed by atoms with E-state index in [0.717, 1.165) is 5.56 Å². The molecular weight excluding hydrogens is 303 g/mol. The lowest BCUT2D eigenvalue weighted by atomic mass is 10.0. The molecule has 1 amide bonds. The summed E-state index contributed by atoms with van der Waals surface area (Å²) < 4.78 is 12.8. The second-order valence-electron chi connectivity index (χ2n) is 5.94. The molecule has 0 aliphatic carbocycles. The largest absolute Gasteiger partial charge is 0.483 e. The summed E-state index contributed by atoms with van der Waals surface area (Å²) in [7, 11) is 3.81. The van der Waals surface area contributed by atoms with Gasteiger partial charge in [-0.3, -0.25) is 9.59 Å². The Hall–Kier alpha value is -1.99. The van der Waals surface area contributed by atoms with E-state index in [1.54, 1.807) is 17.0 Å². The van der Waals surface area contributed by atoms with Gasteiger partial charge in [-0.15, -0.1) is 0 Å². The van der Waals surface area contributed by atoms with E-state index in [0.29, 0.717) is 26.1 Å². The number of likely N-dealkylation sites (N-methyl/N-ethyl adjacent to an activating group) is 1. The maximum Gasteiger partial charge on any atom is 0.290 e. The zero-order valence-corrected chi connectivity index (χ0v) is 13.4. The van der Waals surface area contributed by atoms with Crippen LogP contribution in [0.4, 0.5) is 4.39 Å². The Morgan fingerprint density at radius 2 is 1.96 bits per heavy atom. The fraction of sp³-hybridized carbons (Fsp3) is 0.500. The summed E-state index contributed by atoms with van der Waals surface area (Å²) in [5.74, 6) is -0.325. The van der Waals surface area contributed by atoms with E-state index in [2.05, 4.69) is 0 Å². The number of β-amino-alcohol motifs (C(OH)–C–C–N with tert-alkyl or cyclic N) is 1. The minimum Gasteiger partial charge on any atom is -0.483 e. The van der Waals surface area contributed by atoms with Crippen LogP contribution in [0.25, 0.3) is 0 Å². The van der Waals surface area contributed by atoms with E-state index >= 15 is 0 Å². The van der Waals surface area contributed by atoms with Crippen LogP contribution >= 0.6 is 0 Å². The first-order valence-corrected chi connectivity index (χ1v) is 7.27. The minimum absolute atomic E-state index is 0.0220. The summed E-state index contributed by atoms with van der Waals surface area (Å²) in [4.78, 5) is 24.2. The number of halogens is 1. The molecule has 0 spiro atoms. The zero-order chi connectivity index (χ0) is 17.5. The summed E-state index contributed by atoms with van der Waals surface area (Å²) in [6.45, 7) is 1.24. The summed E-state index contributed by atoms with van der Waals surface area (Å²) >= 11 is 0. The van der Waals surface area contributed by atoms with Crippen molar-refractivity contribution in [3.05, 3.63) is 35.6 Å². The van der Waals surface area contributed by atoms with Crippen molar-refractivity contribution in [1.82, 2.24) is 9.80 Å². The molecule has 1 unspecified atom stereocenters. The van der Waals surface area contributed by atoms with Crippen molar-refractivity contribution < 1.29 is 24.2 Å². The summed E-state index contributed by atoms with van der Waals surface area (Å²) in [6.07, 6.45) is 0.846. The Morgan fingerprint density at radius 1 is 1.39 bits per heavy atom. The number of benzene rings is 1. The third kappa shape index (κ3) is 6.33. The van der Waals surface area contributed by atoms with Gasteiger partial charge in [-0.2, -0.15) is 0 Å². The highest BCUT2D eigenvalue weighted by molar-refractivity contribution is 5.79. The van der Waals surface area contributed by atoms with Gasteiger partial charge in [0, 0.05) is 13.1 Å². The molecule has 7 heteroatoms. The van der Waals surface area contributed by atoms with Gasteiger partial charge in [0.15, 0.2) is 0 Å². The van der Waals surface area contributed by atoms with Crippen LogP contribution in [0.15, 0.2) is 24.3 Å². The molecule has 23 heavy (non-hydrogen) atoms. The number of hydrogen-bond donors (Lipinski definition) is 2. The molecule has 1 atom stereocenters. The SMILES string of the molecule is CN(C)CC1(O)CCN(C(=O)Cc2ccc(F)cc2)C1.O=CO. The molecule has 1 aliphatic rings. The molecule has 1 saturated heterocycles. The van der Waals surface area contributed by atoms with Crippen LogP contribution in [0.2, 0.25) is 0 Å². The molecule has 1 aromatic carbocycles. The van der Waals surface area contributed by atoms with Crippen molar-refractivity contribution in [3.8, 4) is 0 Å². The summed E-state index contributed by atoms with van der Waals surface area (Å²) in [6, 6.07) is 5.95. The highest BCUT2D eigenvalue weighted by Crippen LogP contribution is 2.22. The highest BCUT2D eigenvalue weighted by atomic mass is 19.1. The van der Waals surface area contributed by atoms with Crippen LogP contribution in [0.1, 0.15) is 12.0 Å². The number of likely N-dealkylation sites (tertiary alicyclic amines) is 1. The number of nitrogens with zero attached hydrogens (tertiary/aromatic N) is 2. The van der Waals surface area contributed by atoms with Gasteiger partial charge >= 0.3 is 0 Å². The third-order valence-corrected chi connectivity index (χ3v) is 3.56. The molecule has 1 aliphatic heterocycles. The van der Waals surface area contributed by atoms with E-state index in [4.69, 9.17) is 9.90 Å². The van der Waals surface area contributed by atoms with Crippen LogP contribution in [-0.4, -0.2) is 71.7 Å². The maximum atomic E-state index is 12.8. The molecule has 6 nitrogen and oxygen atoms in total. The standard InChI is InChI=1S/C15H21FN2O2.CH2O2/c1-17(2)10-15(20)7-8-18(11-15)14(19)9-12-3-5-13(16)6-4-12;2-1-3/h3-6,20H,7-11H2,1-2H3;1H,(H,2,3). The number of hydrogen-bond acceptors (Lipinski definition) is 4. The number of rotatable bonds is 4. The lowest BCUT2D eigenvalue weighted by Crippen LogP contribution is -2.43. The molecule has 0 radical (unpaired) electrons. The molecular formula is C16H23FN2O4. The lowest BCUT2D eigenvalue weighted by Gasteiger charge is -2.26. The van der Waals surface area contributed by atoms with E-state index in [-0.39, 0.29) is 24.6 Å². The molecule has 128 valence electrons. The fourth-order valence-electron chi connectivity index (χ4n) is 2.68. The van der Waals surface area contributed by atoms with Crippen molar-refractivity contribution in [2.75, 3.05) is 33.7 Å². The average Bonchev–Trinajstić information content (AvgIpc) is 2.83. The third-order valence-electron chi connectivity index (χ3n) is 3.56. The monoisotopic (exact) mass is 326 g/mol. The number of aliphatic hydroxyl groups is 1. The van der Waals surface area contributed by atoms with Gasteiger partial charge < -0.3 is 20.0 Å². The molecule has 1 fully saturated rings. The summed E-state index contributed by atoms with van der Waals surface area (Å²) in [5.41, 5.74) is -0.0263. The first-order chi connectivity index (χ1) is 10.8. The number of carbonyl (C=O) groups is 2. The fourth-order valence-corrected chi connectivity index (χ4v) is 2.68. The van der Waals surface area contributed by atoms with Crippen LogP contribution in [0.5, 0.6) is 0 Å². The first-order valence-electron chi connectivity index (χ1n) is 7.27. The van der Waals surface area contributed by atoms with Gasteiger partial charge in [0.05, 0.1) is 18.6 Å². The van der Waals surface area contributed by atoms with Gasteiger partial charge in [0.1, 0.15) is 5.82 Å². The van der Waals surface area contributed by atoms with Crippen LogP contribution in [0.3, 0.4) is 0 Å². The van der Waals surface area contributed by atoms with Crippen molar-refractivity contribution in [2.45, 2.75) is 18.4 Å². The van der Waals surface area contributed by atoms with Crippen LogP contribution in [0, 0.1) is 5.82 Å². The Morgan fingerprint density at radius 3 is 2.48 bits per heavy atom. The molecule has 0 saturated carbocycles. The highest BCUT2D eigenvalue weighted by Gasteiger charge is 2.38. The number of amides is 1. The predicted molar refractivity (Wildman–Crippen MR) is 83.5 cm³/mol. The quantitative estimate of drug-likeness (QED) is 0.792. The van der Waals surface area contributed by atoms with Gasteiger partial charge in [-0.25, -0.2) is 4.39 Å². The molecule has 2 rings (SSSR count). The van der Waals surface area contributed by atoms with E-state index in [9.17, 15) is 14.3 Å². The Balaban J connectivity index is 0.000000816. The average molecular weight is 326 g/mol. The lowest BCUT2D eigenvalue weighted by molar-refractivity contribution is -0.130. The van der Waals surface area contributed by atoms with Crippen molar-refractivity contribution in [1.29, 1.82) is 0 Å². The summed E-state index contributed by atoms with van der Waals surface area (Å²) in [5, 5.41) is 17.3. The molecule has 0 bridgehead atoms. The van der Waals surface area contributed by atoms with Crippen molar-refractivity contribution in [3.63, 3.8) is 0 Å². The van der Waals surface area contributed by atoms with E-state index in [1.165, 1.54) is 12.1 Å². The van der Waals surface area contributed by atoms with Gasteiger partial charge in [-0.1, -0.05) is 12.1 Å². The Kier molecular flexibility index (Phi) is 7.12. The molecule has 0 aromatic heterocycles. The van der Waals surface area contributed by atoms with Gasteiger partial charge in [-0.05, 0) is 38.2 Å². The maximum absolute atomic E-state index is 12.8.